The molecule has 2 aromatic carbocycles. The zero-order valence-electron chi connectivity index (χ0n) is 12.8. The Bertz CT molecular complexity index is 787. The van der Waals surface area contributed by atoms with Crippen LogP contribution in [-0.2, 0) is 4.74 Å². The minimum absolute atomic E-state index is 0.00525. The number of alkyl halides is 3. The second-order valence-electron chi connectivity index (χ2n) is 4.75. The summed E-state index contributed by atoms with van der Waals surface area (Å²) in [6.07, 6.45) is -4.83. The number of aromatic hydroxyl groups is 1. The molecule has 6 nitrogen and oxygen atoms in total. The van der Waals surface area contributed by atoms with Crippen molar-refractivity contribution in [2.75, 3.05) is 12.4 Å². The number of benzene rings is 2. The summed E-state index contributed by atoms with van der Waals surface area (Å²) >= 11 is 0. The molecule has 9 heteroatoms. The average molecular weight is 355 g/mol. The zero-order chi connectivity index (χ0) is 18.6. The second kappa shape index (κ2) is 7.12. The van der Waals surface area contributed by atoms with Crippen molar-refractivity contribution in [2.24, 2.45) is 0 Å². The van der Waals surface area contributed by atoms with Crippen molar-refractivity contribution in [3.8, 4) is 11.5 Å². The quantitative estimate of drug-likeness (QED) is 0.822. The van der Waals surface area contributed by atoms with Gasteiger partial charge in [0.2, 0.25) is 0 Å². The molecule has 1 amide bonds. The van der Waals surface area contributed by atoms with Crippen LogP contribution in [0.5, 0.6) is 11.5 Å². The van der Waals surface area contributed by atoms with E-state index in [1.54, 1.807) is 0 Å². The van der Waals surface area contributed by atoms with Crippen LogP contribution in [0.4, 0.5) is 18.9 Å². The van der Waals surface area contributed by atoms with E-state index in [9.17, 15) is 27.9 Å². The molecule has 0 atom stereocenters. The van der Waals surface area contributed by atoms with Gasteiger partial charge in [0.05, 0.1) is 18.4 Å². The highest BCUT2D eigenvalue weighted by Gasteiger charge is 2.31. The Hall–Kier alpha value is -3.23. The number of hydrogen-bond donors (Lipinski definition) is 2. The number of nitrogens with one attached hydrogen (secondary N) is 1. The third-order valence-electron chi connectivity index (χ3n) is 3.01. The van der Waals surface area contributed by atoms with Gasteiger partial charge in [-0.05, 0) is 36.4 Å². The van der Waals surface area contributed by atoms with Crippen molar-refractivity contribution in [3.05, 3.63) is 53.6 Å². The van der Waals surface area contributed by atoms with E-state index in [1.807, 2.05) is 0 Å². The van der Waals surface area contributed by atoms with Gasteiger partial charge in [-0.15, -0.1) is 13.2 Å². The van der Waals surface area contributed by atoms with Gasteiger partial charge in [-0.25, -0.2) is 4.79 Å². The van der Waals surface area contributed by atoms with Gasteiger partial charge in [0.15, 0.2) is 0 Å². The van der Waals surface area contributed by atoms with E-state index < -0.39 is 24.0 Å². The number of esters is 1. The predicted molar refractivity (Wildman–Crippen MR) is 80.5 cm³/mol. The van der Waals surface area contributed by atoms with Crippen LogP contribution >= 0.6 is 0 Å². The lowest BCUT2D eigenvalue weighted by molar-refractivity contribution is -0.274. The molecule has 25 heavy (non-hydrogen) atoms. The SMILES string of the molecule is COC(=O)c1ccc(O)cc1NC(=O)c1ccc(OC(F)(F)F)cc1. The van der Waals surface area contributed by atoms with E-state index in [-0.39, 0.29) is 22.6 Å². The molecule has 2 rings (SSSR count). The highest BCUT2D eigenvalue weighted by Crippen LogP contribution is 2.25. The number of phenols is 1. The largest absolute Gasteiger partial charge is 0.573 e. The summed E-state index contributed by atoms with van der Waals surface area (Å²) in [6.45, 7) is 0. The molecule has 2 aromatic rings. The van der Waals surface area contributed by atoms with E-state index in [1.165, 1.54) is 12.1 Å². The van der Waals surface area contributed by atoms with E-state index in [4.69, 9.17) is 0 Å². The fraction of sp³-hybridized carbons (Fsp3) is 0.125. The van der Waals surface area contributed by atoms with E-state index in [2.05, 4.69) is 14.8 Å². The summed E-state index contributed by atoms with van der Waals surface area (Å²) in [6, 6.07) is 7.85. The lowest BCUT2D eigenvalue weighted by Crippen LogP contribution is -2.18. The zero-order valence-corrected chi connectivity index (χ0v) is 12.8. The summed E-state index contributed by atoms with van der Waals surface area (Å²) < 4.78 is 44.6. The van der Waals surface area contributed by atoms with Gasteiger partial charge >= 0.3 is 12.3 Å². The van der Waals surface area contributed by atoms with Crippen molar-refractivity contribution in [3.63, 3.8) is 0 Å². The predicted octanol–water partition coefficient (Wildman–Crippen LogP) is 3.33. The topological polar surface area (TPSA) is 84.9 Å². The van der Waals surface area contributed by atoms with Crippen LogP contribution in [0.25, 0.3) is 0 Å². The third kappa shape index (κ3) is 4.87. The lowest BCUT2D eigenvalue weighted by Gasteiger charge is -2.11. The molecule has 0 aliphatic rings. The molecule has 0 spiro atoms. The summed E-state index contributed by atoms with van der Waals surface area (Å²) in [5.41, 5.74) is 0.0202. The molecule has 0 unspecified atom stereocenters. The Morgan fingerprint density at radius 3 is 2.28 bits per heavy atom. The van der Waals surface area contributed by atoms with Crippen LogP contribution in [0.1, 0.15) is 20.7 Å². The van der Waals surface area contributed by atoms with E-state index in [0.717, 1.165) is 37.4 Å². The van der Waals surface area contributed by atoms with Gasteiger partial charge in [0.1, 0.15) is 11.5 Å². The fourth-order valence-corrected chi connectivity index (χ4v) is 1.93. The molecule has 0 radical (unpaired) electrons. The number of hydrogen-bond acceptors (Lipinski definition) is 5. The standard InChI is InChI=1S/C16H12F3NO5/c1-24-15(23)12-7-4-10(21)8-13(12)20-14(22)9-2-5-11(6-3-9)25-16(17,18)19/h2-8,21H,1H3,(H,20,22). The van der Waals surface area contributed by atoms with Crippen molar-refractivity contribution in [2.45, 2.75) is 6.36 Å². The number of carbonyl (C=O) groups excluding carboxylic acids is 2. The molecular weight excluding hydrogens is 343 g/mol. The number of carbonyl (C=O) groups is 2. The maximum Gasteiger partial charge on any atom is 0.573 e. The number of ether oxygens (including phenoxy) is 2. The lowest BCUT2D eigenvalue weighted by atomic mass is 10.1. The Morgan fingerprint density at radius 2 is 1.72 bits per heavy atom. The first kappa shape index (κ1) is 18.1. The minimum Gasteiger partial charge on any atom is -0.508 e. The smallest absolute Gasteiger partial charge is 0.508 e. The average Bonchev–Trinajstić information content (AvgIpc) is 2.53. The Balaban J connectivity index is 2.20. The van der Waals surface area contributed by atoms with Crippen LogP contribution < -0.4 is 10.1 Å². The molecule has 0 aliphatic carbocycles. The number of phenolic OH excluding ortho intramolecular Hbond substituents is 1. The second-order valence-corrected chi connectivity index (χ2v) is 4.75. The number of methoxy groups -OCH3 is 1. The molecule has 0 heterocycles. The first-order valence-electron chi connectivity index (χ1n) is 6.78. The molecule has 0 aromatic heterocycles. The van der Waals surface area contributed by atoms with Crippen LogP contribution in [0, 0.1) is 0 Å². The first-order valence-corrected chi connectivity index (χ1v) is 6.78. The fourth-order valence-electron chi connectivity index (χ4n) is 1.93. The van der Waals surface area contributed by atoms with Crippen molar-refractivity contribution < 1.29 is 37.3 Å². The molecule has 0 aliphatic heterocycles. The van der Waals surface area contributed by atoms with E-state index in [0.29, 0.717) is 0 Å². The Labute approximate surface area is 139 Å². The molecule has 0 saturated carbocycles. The van der Waals surface area contributed by atoms with Gasteiger partial charge < -0.3 is 19.9 Å². The van der Waals surface area contributed by atoms with Crippen molar-refractivity contribution in [1.29, 1.82) is 0 Å². The summed E-state index contributed by atoms with van der Waals surface area (Å²) in [4.78, 5) is 23.8. The van der Waals surface area contributed by atoms with Crippen molar-refractivity contribution in [1.82, 2.24) is 0 Å². The van der Waals surface area contributed by atoms with Crippen LogP contribution in [0.15, 0.2) is 42.5 Å². The first-order chi connectivity index (χ1) is 11.7. The van der Waals surface area contributed by atoms with Crippen LogP contribution in [0.3, 0.4) is 0 Å². The highest BCUT2D eigenvalue weighted by molar-refractivity contribution is 6.08. The normalized spacial score (nSPS) is 10.9. The molecular formula is C16H12F3NO5. The molecule has 0 bridgehead atoms. The summed E-state index contributed by atoms with van der Waals surface area (Å²) in [5.74, 6) is -2.10. The van der Waals surface area contributed by atoms with Gasteiger partial charge in [-0.2, -0.15) is 0 Å². The number of rotatable bonds is 4. The minimum atomic E-state index is -4.83. The Kier molecular flexibility index (Phi) is 5.16. The van der Waals surface area contributed by atoms with Gasteiger partial charge in [-0.1, -0.05) is 0 Å². The van der Waals surface area contributed by atoms with Gasteiger partial charge in [0, 0.05) is 11.6 Å². The number of anilines is 1. The van der Waals surface area contributed by atoms with Gasteiger partial charge in [0.25, 0.3) is 5.91 Å². The summed E-state index contributed by atoms with van der Waals surface area (Å²) in [5, 5.41) is 11.9. The summed E-state index contributed by atoms with van der Waals surface area (Å²) in [7, 11) is 1.15. The third-order valence-corrected chi connectivity index (χ3v) is 3.01. The molecule has 132 valence electrons. The van der Waals surface area contributed by atoms with Gasteiger partial charge in [-0.3, -0.25) is 4.79 Å². The maximum absolute atomic E-state index is 12.2. The molecule has 0 saturated heterocycles. The van der Waals surface area contributed by atoms with Crippen molar-refractivity contribution >= 4 is 17.6 Å². The highest BCUT2D eigenvalue weighted by atomic mass is 19.4. The maximum atomic E-state index is 12.2. The monoisotopic (exact) mass is 355 g/mol. The van der Waals surface area contributed by atoms with Crippen LogP contribution in [-0.4, -0.2) is 30.5 Å². The van der Waals surface area contributed by atoms with Crippen LogP contribution in [0.2, 0.25) is 0 Å². The number of halogens is 3. The molecule has 0 fully saturated rings. The molecule has 2 N–H and O–H groups in total. The van der Waals surface area contributed by atoms with E-state index >= 15 is 0 Å². The number of amides is 1. The Morgan fingerprint density at radius 1 is 1.08 bits per heavy atom.